The monoisotopic (exact) mass is 439 g/mol. The molecular weight excluding hydrogens is 410 g/mol. The van der Waals surface area contributed by atoms with E-state index in [1.54, 1.807) is 20.3 Å². The van der Waals surface area contributed by atoms with Crippen LogP contribution in [0, 0.1) is 0 Å². The summed E-state index contributed by atoms with van der Waals surface area (Å²) in [5, 5.41) is 2.34. The fraction of sp³-hybridized carbons (Fsp3) is 0.138. The number of fused-ring (bicyclic) bond motifs is 1. The molecule has 0 spiro atoms. The third-order valence-corrected chi connectivity index (χ3v) is 5.16. The van der Waals surface area contributed by atoms with Crippen molar-refractivity contribution >= 4 is 28.3 Å². The molecule has 0 aliphatic carbocycles. The van der Waals surface area contributed by atoms with Crippen molar-refractivity contribution in [2.24, 2.45) is 0 Å². The molecule has 4 nitrogen and oxygen atoms in total. The molecule has 0 aromatic heterocycles. The average molecular weight is 440 g/mol. The quantitative estimate of drug-likeness (QED) is 0.254. The minimum Gasteiger partial charge on any atom is -0.497 e. The molecule has 0 heterocycles. The van der Waals surface area contributed by atoms with E-state index in [9.17, 15) is 4.79 Å². The van der Waals surface area contributed by atoms with Gasteiger partial charge in [0.2, 0.25) is 0 Å². The van der Waals surface area contributed by atoms with Crippen LogP contribution in [0.1, 0.15) is 15.9 Å². The van der Waals surface area contributed by atoms with Crippen LogP contribution in [0.4, 0.5) is 5.69 Å². The van der Waals surface area contributed by atoms with E-state index in [0.29, 0.717) is 5.56 Å². The lowest BCUT2D eigenvalue weighted by atomic mass is 10.0. The summed E-state index contributed by atoms with van der Waals surface area (Å²) in [6.07, 6.45) is 3.52. The van der Waals surface area contributed by atoms with Gasteiger partial charge < -0.3 is 14.4 Å². The number of allylic oxidation sites excluding steroid dienone is 1. The fourth-order valence-corrected chi connectivity index (χ4v) is 3.41. The molecule has 33 heavy (non-hydrogen) atoms. The zero-order valence-corrected chi connectivity index (χ0v) is 19.5. The van der Waals surface area contributed by atoms with E-state index in [4.69, 9.17) is 9.47 Å². The molecule has 0 saturated carbocycles. The molecule has 0 aliphatic heterocycles. The standard InChI is InChI=1S/C19H14O.C10H15NO2/c20-19(17-8-2-1-3-9-17)14-13-16-11-6-10-15-7-4-5-12-18(15)16;1-11(2)9-6-5-8(12-3)7-10(9)13-4/h1-14H;5-7H,1-4H3. The maximum atomic E-state index is 12.1. The Hall–Kier alpha value is -4.05. The first kappa shape index (κ1) is 23.6. The highest BCUT2D eigenvalue weighted by Gasteiger charge is 2.05. The van der Waals surface area contributed by atoms with Crippen molar-refractivity contribution in [3.05, 3.63) is 108 Å². The van der Waals surface area contributed by atoms with Gasteiger partial charge in [-0.25, -0.2) is 0 Å². The molecule has 0 aliphatic rings. The van der Waals surface area contributed by atoms with E-state index in [1.165, 1.54) is 5.39 Å². The van der Waals surface area contributed by atoms with Crippen molar-refractivity contribution < 1.29 is 14.3 Å². The van der Waals surface area contributed by atoms with Gasteiger partial charge in [-0.2, -0.15) is 0 Å². The lowest BCUT2D eigenvalue weighted by Crippen LogP contribution is -2.09. The Balaban J connectivity index is 0.000000205. The number of anilines is 1. The summed E-state index contributed by atoms with van der Waals surface area (Å²) in [5.41, 5.74) is 2.82. The molecule has 0 unspecified atom stereocenters. The van der Waals surface area contributed by atoms with Crippen LogP contribution >= 0.6 is 0 Å². The summed E-state index contributed by atoms with van der Waals surface area (Å²) >= 11 is 0. The Morgan fingerprint density at radius 1 is 0.788 bits per heavy atom. The molecule has 4 heteroatoms. The van der Waals surface area contributed by atoms with Crippen LogP contribution in [-0.4, -0.2) is 34.1 Å². The molecule has 0 fully saturated rings. The summed E-state index contributed by atoms with van der Waals surface area (Å²) in [6, 6.07) is 29.4. The maximum Gasteiger partial charge on any atom is 0.185 e. The van der Waals surface area contributed by atoms with Crippen LogP contribution in [-0.2, 0) is 0 Å². The minimum absolute atomic E-state index is 0.0264. The van der Waals surface area contributed by atoms with Gasteiger partial charge in [0.15, 0.2) is 5.78 Å². The summed E-state index contributed by atoms with van der Waals surface area (Å²) in [7, 11) is 7.25. The van der Waals surface area contributed by atoms with Gasteiger partial charge in [0.1, 0.15) is 11.5 Å². The van der Waals surface area contributed by atoms with Crippen LogP contribution in [0.15, 0.2) is 97.1 Å². The third-order valence-electron chi connectivity index (χ3n) is 5.16. The number of carbonyl (C=O) groups is 1. The van der Waals surface area contributed by atoms with Crippen molar-refractivity contribution in [2.75, 3.05) is 33.2 Å². The number of benzene rings is 4. The van der Waals surface area contributed by atoms with Gasteiger partial charge in [0.05, 0.1) is 19.9 Å². The van der Waals surface area contributed by atoms with Crippen molar-refractivity contribution in [3.63, 3.8) is 0 Å². The molecule has 4 aromatic carbocycles. The number of rotatable bonds is 6. The lowest BCUT2D eigenvalue weighted by Gasteiger charge is -2.16. The van der Waals surface area contributed by atoms with Crippen LogP contribution in [0.25, 0.3) is 16.8 Å². The van der Waals surface area contributed by atoms with Crippen LogP contribution in [0.5, 0.6) is 11.5 Å². The number of methoxy groups -OCH3 is 2. The topological polar surface area (TPSA) is 38.8 Å². The zero-order valence-electron chi connectivity index (χ0n) is 19.5. The zero-order chi connectivity index (χ0) is 23.6. The molecule has 168 valence electrons. The van der Waals surface area contributed by atoms with Crippen LogP contribution in [0.2, 0.25) is 0 Å². The Bertz CT molecular complexity index is 1220. The Morgan fingerprint density at radius 2 is 1.48 bits per heavy atom. The van der Waals surface area contributed by atoms with E-state index in [-0.39, 0.29) is 5.78 Å². The second-order valence-corrected chi connectivity index (χ2v) is 7.56. The molecule has 4 aromatic rings. The highest BCUT2D eigenvalue weighted by molar-refractivity contribution is 6.07. The van der Waals surface area contributed by atoms with Gasteiger partial charge in [0.25, 0.3) is 0 Å². The van der Waals surface area contributed by atoms with E-state index in [1.807, 2.05) is 97.9 Å². The molecule has 0 N–H and O–H groups in total. The third kappa shape index (κ3) is 6.23. The number of hydrogen-bond acceptors (Lipinski definition) is 4. The van der Waals surface area contributed by atoms with Gasteiger partial charge in [-0.1, -0.05) is 78.9 Å². The lowest BCUT2D eigenvalue weighted by molar-refractivity contribution is 0.104. The summed E-state index contributed by atoms with van der Waals surface area (Å²) in [5.74, 6) is 1.66. The minimum atomic E-state index is 0.0264. The molecule has 0 atom stereocenters. The molecule has 0 bridgehead atoms. The normalized spacial score (nSPS) is 10.4. The fourth-order valence-electron chi connectivity index (χ4n) is 3.41. The molecule has 0 radical (unpaired) electrons. The SMILES string of the molecule is COc1ccc(N(C)C)c(OC)c1.O=C(C=Cc1cccc2ccccc12)c1ccccc1. The van der Waals surface area contributed by atoms with Crippen molar-refractivity contribution in [1.82, 2.24) is 0 Å². The predicted molar refractivity (Wildman–Crippen MR) is 138 cm³/mol. The molecule has 4 rings (SSSR count). The second-order valence-electron chi connectivity index (χ2n) is 7.56. The number of ether oxygens (including phenoxy) is 2. The maximum absolute atomic E-state index is 12.1. The molecule has 0 amide bonds. The largest absolute Gasteiger partial charge is 0.497 e. The first-order valence-electron chi connectivity index (χ1n) is 10.7. The van der Waals surface area contributed by atoms with Crippen molar-refractivity contribution in [2.45, 2.75) is 0 Å². The van der Waals surface area contributed by atoms with E-state index in [0.717, 1.165) is 28.1 Å². The number of ketones is 1. The van der Waals surface area contributed by atoms with E-state index >= 15 is 0 Å². The number of nitrogens with zero attached hydrogens (tertiary/aromatic N) is 1. The average Bonchev–Trinajstić information content (AvgIpc) is 2.87. The Labute approximate surface area is 195 Å². The van der Waals surface area contributed by atoms with Gasteiger partial charge in [-0.05, 0) is 34.5 Å². The first-order chi connectivity index (χ1) is 16.0. The number of carbonyl (C=O) groups excluding carboxylic acids is 1. The van der Waals surface area contributed by atoms with E-state index in [2.05, 4.69) is 18.2 Å². The Kier molecular flexibility index (Phi) is 8.25. The highest BCUT2D eigenvalue weighted by Crippen LogP contribution is 2.30. The predicted octanol–water partition coefficient (Wildman–Crippen LogP) is 6.51. The second kappa shape index (κ2) is 11.5. The smallest absolute Gasteiger partial charge is 0.185 e. The van der Waals surface area contributed by atoms with Gasteiger partial charge >= 0.3 is 0 Å². The summed E-state index contributed by atoms with van der Waals surface area (Å²) < 4.78 is 10.3. The summed E-state index contributed by atoms with van der Waals surface area (Å²) in [6.45, 7) is 0. The first-order valence-corrected chi connectivity index (χ1v) is 10.7. The van der Waals surface area contributed by atoms with Crippen molar-refractivity contribution in [1.29, 1.82) is 0 Å². The van der Waals surface area contributed by atoms with Crippen molar-refractivity contribution in [3.8, 4) is 11.5 Å². The van der Waals surface area contributed by atoms with Crippen LogP contribution in [0.3, 0.4) is 0 Å². The van der Waals surface area contributed by atoms with Gasteiger partial charge in [-0.15, -0.1) is 0 Å². The molecular formula is C29H29NO3. The van der Waals surface area contributed by atoms with Gasteiger partial charge in [0, 0.05) is 25.7 Å². The number of hydrogen-bond donors (Lipinski definition) is 0. The Morgan fingerprint density at radius 3 is 2.18 bits per heavy atom. The highest BCUT2D eigenvalue weighted by atomic mass is 16.5. The van der Waals surface area contributed by atoms with Gasteiger partial charge in [-0.3, -0.25) is 4.79 Å². The van der Waals surface area contributed by atoms with Crippen LogP contribution < -0.4 is 14.4 Å². The molecule has 0 saturated heterocycles. The van der Waals surface area contributed by atoms with E-state index < -0.39 is 0 Å². The summed E-state index contributed by atoms with van der Waals surface area (Å²) in [4.78, 5) is 14.1.